The molecule has 0 spiro atoms. The number of ketones is 1. The van der Waals surface area contributed by atoms with E-state index in [4.69, 9.17) is 0 Å². The van der Waals surface area contributed by atoms with Gasteiger partial charge in [-0.15, -0.1) is 0 Å². The van der Waals surface area contributed by atoms with E-state index < -0.39 is 0 Å². The lowest BCUT2D eigenvalue weighted by atomic mass is 9.95. The van der Waals surface area contributed by atoms with Gasteiger partial charge in [0.1, 0.15) is 12.1 Å². The standard InChI is InChI=1S/C8H12O2/c1-2-7-6(5-9)3-4-8(7)10/h5-7H,2-4H2,1H3/t6-,7-/m1/s1. The Hall–Kier alpha value is -0.660. The first-order valence-electron chi connectivity index (χ1n) is 3.77. The number of Topliss-reactive ketones (excluding diaryl/α,β-unsaturated/α-hetero) is 1. The summed E-state index contributed by atoms with van der Waals surface area (Å²) in [5.41, 5.74) is 0. The Morgan fingerprint density at radius 2 is 2.40 bits per heavy atom. The van der Waals surface area contributed by atoms with Gasteiger partial charge in [-0.05, 0) is 12.8 Å². The van der Waals surface area contributed by atoms with Crippen LogP contribution >= 0.6 is 0 Å². The highest BCUT2D eigenvalue weighted by atomic mass is 16.1. The predicted molar refractivity (Wildman–Crippen MR) is 37.6 cm³/mol. The number of rotatable bonds is 2. The minimum Gasteiger partial charge on any atom is -0.303 e. The molecule has 1 fully saturated rings. The molecule has 56 valence electrons. The number of carbonyl (C=O) groups excluding carboxylic acids is 2. The zero-order valence-electron chi connectivity index (χ0n) is 6.17. The first-order valence-corrected chi connectivity index (χ1v) is 3.77. The Bertz CT molecular complexity index is 151. The van der Waals surface area contributed by atoms with E-state index in [1.165, 1.54) is 0 Å². The van der Waals surface area contributed by atoms with Crippen molar-refractivity contribution in [2.75, 3.05) is 0 Å². The van der Waals surface area contributed by atoms with E-state index in [1.807, 2.05) is 6.92 Å². The molecule has 0 N–H and O–H groups in total. The predicted octanol–water partition coefficient (Wildman–Crippen LogP) is 1.19. The van der Waals surface area contributed by atoms with Crippen molar-refractivity contribution in [2.45, 2.75) is 26.2 Å². The van der Waals surface area contributed by atoms with Crippen LogP contribution in [0.15, 0.2) is 0 Å². The third-order valence-corrected chi connectivity index (χ3v) is 2.27. The van der Waals surface area contributed by atoms with Gasteiger partial charge in [-0.1, -0.05) is 6.92 Å². The van der Waals surface area contributed by atoms with Gasteiger partial charge in [0.2, 0.25) is 0 Å². The molecule has 0 aliphatic heterocycles. The van der Waals surface area contributed by atoms with E-state index in [0.717, 1.165) is 19.1 Å². The van der Waals surface area contributed by atoms with E-state index in [9.17, 15) is 9.59 Å². The van der Waals surface area contributed by atoms with Crippen molar-refractivity contribution in [1.82, 2.24) is 0 Å². The summed E-state index contributed by atoms with van der Waals surface area (Å²) in [6.07, 6.45) is 3.14. The lowest BCUT2D eigenvalue weighted by Gasteiger charge is -2.07. The van der Waals surface area contributed by atoms with Crippen LogP contribution in [0, 0.1) is 11.8 Å². The second-order valence-corrected chi connectivity index (χ2v) is 2.82. The van der Waals surface area contributed by atoms with Gasteiger partial charge < -0.3 is 4.79 Å². The molecule has 2 nitrogen and oxygen atoms in total. The molecule has 0 unspecified atom stereocenters. The highest BCUT2D eigenvalue weighted by Crippen LogP contribution is 2.29. The first kappa shape index (κ1) is 7.45. The van der Waals surface area contributed by atoms with Gasteiger partial charge in [0, 0.05) is 18.3 Å². The molecule has 0 heterocycles. The van der Waals surface area contributed by atoms with Crippen molar-refractivity contribution in [1.29, 1.82) is 0 Å². The van der Waals surface area contributed by atoms with Crippen molar-refractivity contribution < 1.29 is 9.59 Å². The van der Waals surface area contributed by atoms with Gasteiger partial charge >= 0.3 is 0 Å². The Morgan fingerprint density at radius 1 is 1.70 bits per heavy atom. The van der Waals surface area contributed by atoms with E-state index >= 15 is 0 Å². The SMILES string of the molecule is CC[C@H]1C(=O)CC[C@@H]1C=O. The van der Waals surface area contributed by atoms with Crippen molar-refractivity contribution in [3.63, 3.8) is 0 Å². The van der Waals surface area contributed by atoms with Crippen molar-refractivity contribution >= 4 is 12.1 Å². The van der Waals surface area contributed by atoms with Crippen LogP contribution in [-0.2, 0) is 9.59 Å². The highest BCUT2D eigenvalue weighted by molar-refractivity contribution is 5.86. The molecule has 0 saturated heterocycles. The molecule has 0 aromatic rings. The summed E-state index contributed by atoms with van der Waals surface area (Å²) in [4.78, 5) is 21.4. The number of carbonyl (C=O) groups is 2. The van der Waals surface area contributed by atoms with Crippen LogP contribution in [-0.4, -0.2) is 12.1 Å². The third-order valence-electron chi connectivity index (χ3n) is 2.27. The zero-order chi connectivity index (χ0) is 7.56. The van der Waals surface area contributed by atoms with Crippen LogP contribution in [0.2, 0.25) is 0 Å². The van der Waals surface area contributed by atoms with Crippen LogP contribution in [0.5, 0.6) is 0 Å². The fraction of sp³-hybridized carbons (Fsp3) is 0.750. The summed E-state index contributed by atoms with van der Waals surface area (Å²) in [6.45, 7) is 1.96. The molecule has 1 aliphatic carbocycles. The van der Waals surface area contributed by atoms with Crippen LogP contribution in [0.4, 0.5) is 0 Å². The lowest BCUT2D eigenvalue weighted by Crippen LogP contribution is -2.14. The molecule has 1 rings (SSSR count). The number of aldehydes is 1. The normalized spacial score (nSPS) is 32.7. The molecule has 0 aromatic heterocycles. The summed E-state index contributed by atoms with van der Waals surface area (Å²) in [6, 6.07) is 0. The third kappa shape index (κ3) is 1.11. The van der Waals surface area contributed by atoms with Gasteiger partial charge in [0.25, 0.3) is 0 Å². The molecule has 2 atom stereocenters. The quantitative estimate of drug-likeness (QED) is 0.540. The average Bonchev–Trinajstić information content (AvgIpc) is 2.30. The van der Waals surface area contributed by atoms with Gasteiger partial charge in [0.15, 0.2) is 0 Å². The molecule has 1 aliphatic rings. The average molecular weight is 140 g/mol. The van der Waals surface area contributed by atoms with Gasteiger partial charge in [-0.2, -0.15) is 0 Å². The first-order chi connectivity index (χ1) is 4.79. The maximum Gasteiger partial charge on any atom is 0.136 e. The molecular weight excluding hydrogens is 128 g/mol. The Morgan fingerprint density at radius 3 is 2.80 bits per heavy atom. The number of hydrogen-bond acceptors (Lipinski definition) is 2. The zero-order valence-corrected chi connectivity index (χ0v) is 6.17. The molecule has 0 aromatic carbocycles. The van der Waals surface area contributed by atoms with Crippen LogP contribution in [0.1, 0.15) is 26.2 Å². The minimum absolute atomic E-state index is 0.0255. The van der Waals surface area contributed by atoms with Crippen molar-refractivity contribution in [3.8, 4) is 0 Å². The minimum atomic E-state index is 0.0255. The second kappa shape index (κ2) is 2.95. The highest BCUT2D eigenvalue weighted by Gasteiger charge is 2.32. The summed E-state index contributed by atoms with van der Waals surface area (Å²) < 4.78 is 0. The fourth-order valence-corrected chi connectivity index (χ4v) is 1.63. The van der Waals surface area contributed by atoms with E-state index in [-0.39, 0.29) is 17.6 Å². The summed E-state index contributed by atoms with van der Waals surface area (Å²) in [7, 11) is 0. The van der Waals surface area contributed by atoms with Gasteiger partial charge in [-0.25, -0.2) is 0 Å². The molecule has 1 saturated carbocycles. The fourth-order valence-electron chi connectivity index (χ4n) is 1.63. The Labute approximate surface area is 60.6 Å². The maximum absolute atomic E-state index is 11.0. The smallest absolute Gasteiger partial charge is 0.136 e. The van der Waals surface area contributed by atoms with Gasteiger partial charge in [-0.3, -0.25) is 4.79 Å². The Kier molecular flexibility index (Phi) is 2.20. The number of hydrogen-bond donors (Lipinski definition) is 0. The summed E-state index contributed by atoms with van der Waals surface area (Å²) in [5.74, 6) is 0.342. The molecule has 10 heavy (non-hydrogen) atoms. The Balaban J connectivity index is 2.62. The van der Waals surface area contributed by atoms with E-state index in [2.05, 4.69) is 0 Å². The monoisotopic (exact) mass is 140 g/mol. The molecular formula is C8H12O2. The van der Waals surface area contributed by atoms with E-state index in [0.29, 0.717) is 6.42 Å². The molecule has 2 heteroatoms. The van der Waals surface area contributed by atoms with Crippen LogP contribution in [0.25, 0.3) is 0 Å². The van der Waals surface area contributed by atoms with Crippen molar-refractivity contribution in [3.05, 3.63) is 0 Å². The summed E-state index contributed by atoms with van der Waals surface area (Å²) in [5, 5.41) is 0. The summed E-state index contributed by atoms with van der Waals surface area (Å²) >= 11 is 0. The topological polar surface area (TPSA) is 34.1 Å². The van der Waals surface area contributed by atoms with Gasteiger partial charge in [0.05, 0.1) is 0 Å². The van der Waals surface area contributed by atoms with Crippen LogP contribution < -0.4 is 0 Å². The largest absolute Gasteiger partial charge is 0.303 e. The molecule has 0 amide bonds. The second-order valence-electron chi connectivity index (χ2n) is 2.82. The maximum atomic E-state index is 11.0. The van der Waals surface area contributed by atoms with E-state index in [1.54, 1.807) is 0 Å². The van der Waals surface area contributed by atoms with Crippen molar-refractivity contribution in [2.24, 2.45) is 11.8 Å². The molecule has 0 bridgehead atoms. The lowest BCUT2D eigenvalue weighted by molar-refractivity contribution is -0.123. The van der Waals surface area contributed by atoms with Crippen LogP contribution in [0.3, 0.4) is 0 Å². The molecule has 0 radical (unpaired) electrons.